The molecule has 1 aromatic carbocycles. The van der Waals surface area contributed by atoms with Crippen LogP contribution in [-0.4, -0.2) is 30.6 Å². The molecule has 0 amide bonds. The summed E-state index contributed by atoms with van der Waals surface area (Å²) in [6, 6.07) is 5.14. The number of hydrazone groups is 1. The number of benzene rings is 1. The Bertz CT molecular complexity index is 407. The van der Waals surface area contributed by atoms with Crippen molar-refractivity contribution in [3.63, 3.8) is 0 Å². The number of para-hydroxylation sites is 1. The number of rotatable bonds is 3. The van der Waals surface area contributed by atoms with E-state index in [-0.39, 0.29) is 5.75 Å². The van der Waals surface area contributed by atoms with E-state index in [0.717, 1.165) is 0 Å². The van der Waals surface area contributed by atoms with Gasteiger partial charge >= 0.3 is 0 Å². The van der Waals surface area contributed by atoms with Crippen molar-refractivity contribution in [1.29, 1.82) is 0 Å². The van der Waals surface area contributed by atoms with E-state index in [1.54, 1.807) is 25.2 Å². The van der Waals surface area contributed by atoms with E-state index in [1.807, 2.05) is 0 Å². The third kappa shape index (κ3) is 3.09. The molecular formula is C10H13N3O2S. The Morgan fingerprint density at radius 1 is 1.56 bits per heavy atom. The van der Waals surface area contributed by atoms with E-state index in [2.05, 4.69) is 15.8 Å². The van der Waals surface area contributed by atoms with Crippen molar-refractivity contribution in [2.24, 2.45) is 5.10 Å². The lowest BCUT2D eigenvalue weighted by Gasteiger charge is -2.05. The fourth-order valence-corrected chi connectivity index (χ4v) is 1.08. The van der Waals surface area contributed by atoms with E-state index in [0.29, 0.717) is 16.4 Å². The first kappa shape index (κ1) is 12.3. The molecule has 0 spiro atoms. The molecule has 0 atom stereocenters. The SMILES string of the molecule is CNC(=S)N/N=C\c1cccc(OC)c1O. The van der Waals surface area contributed by atoms with E-state index < -0.39 is 0 Å². The molecule has 16 heavy (non-hydrogen) atoms. The number of aromatic hydroxyl groups is 1. The maximum absolute atomic E-state index is 9.72. The Hall–Kier alpha value is -1.82. The van der Waals surface area contributed by atoms with Crippen molar-refractivity contribution in [1.82, 2.24) is 10.7 Å². The minimum absolute atomic E-state index is 0.0472. The van der Waals surface area contributed by atoms with Crippen LogP contribution in [0.4, 0.5) is 0 Å². The fourth-order valence-electron chi connectivity index (χ4n) is 1.02. The second-order valence-corrected chi connectivity index (χ2v) is 3.26. The second-order valence-electron chi connectivity index (χ2n) is 2.85. The molecule has 5 nitrogen and oxygen atoms in total. The van der Waals surface area contributed by atoms with Crippen molar-refractivity contribution in [2.45, 2.75) is 0 Å². The largest absolute Gasteiger partial charge is 0.504 e. The predicted octanol–water partition coefficient (Wildman–Crippen LogP) is 0.829. The summed E-state index contributed by atoms with van der Waals surface area (Å²) in [6.45, 7) is 0. The summed E-state index contributed by atoms with van der Waals surface area (Å²) >= 11 is 4.83. The molecule has 0 saturated heterocycles. The summed E-state index contributed by atoms with van der Waals surface area (Å²) in [4.78, 5) is 0. The number of methoxy groups -OCH3 is 1. The quantitative estimate of drug-likeness (QED) is 0.414. The molecule has 0 aromatic heterocycles. The molecule has 0 heterocycles. The van der Waals surface area contributed by atoms with Gasteiger partial charge in [0.2, 0.25) is 0 Å². The van der Waals surface area contributed by atoms with E-state index >= 15 is 0 Å². The van der Waals surface area contributed by atoms with Gasteiger partial charge in [0.1, 0.15) is 0 Å². The van der Waals surface area contributed by atoms with E-state index in [9.17, 15) is 5.11 Å². The topological polar surface area (TPSA) is 65.9 Å². The number of hydrogen-bond donors (Lipinski definition) is 3. The minimum Gasteiger partial charge on any atom is -0.504 e. The van der Waals surface area contributed by atoms with Crippen LogP contribution in [0.1, 0.15) is 5.56 Å². The van der Waals surface area contributed by atoms with Crippen LogP contribution in [0.15, 0.2) is 23.3 Å². The molecule has 0 aliphatic carbocycles. The standard InChI is InChI=1S/C10H13N3O2S/c1-11-10(16)13-12-6-7-4-3-5-8(15-2)9(7)14/h3-6,14H,1-2H3,(H2,11,13,16)/b12-6-. The highest BCUT2D eigenvalue weighted by molar-refractivity contribution is 7.80. The molecule has 0 fully saturated rings. The van der Waals surface area contributed by atoms with Gasteiger partial charge in [-0.2, -0.15) is 5.10 Å². The first-order valence-corrected chi connectivity index (χ1v) is 4.96. The summed E-state index contributed by atoms with van der Waals surface area (Å²) in [5.41, 5.74) is 3.13. The number of phenolic OH excluding ortho intramolecular Hbond substituents is 1. The van der Waals surface area contributed by atoms with Gasteiger partial charge in [0.15, 0.2) is 16.6 Å². The van der Waals surface area contributed by atoms with Gasteiger partial charge in [-0.15, -0.1) is 0 Å². The third-order valence-electron chi connectivity index (χ3n) is 1.85. The summed E-state index contributed by atoms with van der Waals surface area (Å²) in [5, 5.41) is 16.7. The van der Waals surface area contributed by atoms with Crippen molar-refractivity contribution < 1.29 is 9.84 Å². The third-order valence-corrected chi connectivity index (χ3v) is 2.14. The summed E-state index contributed by atoms with van der Waals surface area (Å²) in [5.74, 6) is 0.450. The molecule has 1 aromatic rings. The molecule has 0 saturated carbocycles. The lowest BCUT2D eigenvalue weighted by Crippen LogP contribution is -2.28. The van der Waals surface area contributed by atoms with Crippen molar-refractivity contribution in [2.75, 3.05) is 14.2 Å². The highest BCUT2D eigenvalue weighted by atomic mass is 32.1. The lowest BCUT2D eigenvalue weighted by atomic mass is 10.2. The van der Waals surface area contributed by atoms with Crippen LogP contribution in [-0.2, 0) is 0 Å². The summed E-state index contributed by atoms with van der Waals surface area (Å²) in [7, 11) is 3.18. The smallest absolute Gasteiger partial charge is 0.186 e. The van der Waals surface area contributed by atoms with Gasteiger partial charge in [0.25, 0.3) is 0 Å². The zero-order valence-electron chi connectivity index (χ0n) is 9.02. The fraction of sp³-hybridized carbons (Fsp3) is 0.200. The number of ether oxygens (including phenoxy) is 1. The van der Waals surface area contributed by atoms with E-state index in [1.165, 1.54) is 13.3 Å². The van der Waals surface area contributed by atoms with E-state index in [4.69, 9.17) is 17.0 Å². The average Bonchev–Trinajstić information content (AvgIpc) is 2.31. The molecule has 0 radical (unpaired) electrons. The van der Waals surface area contributed by atoms with Crippen molar-refractivity contribution >= 4 is 23.5 Å². The van der Waals surface area contributed by atoms with Crippen LogP contribution in [0, 0.1) is 0 Å². The molecule has 0 aliphatic heterocycles. The zero-order valence-corrected chi connectivity index (χ0v) is 9.84. The van der Waals surface area contributed by atoms with Crippen LogP contribution in [0.2, 0.25) is 0 Å². The van der Waals surface area contributed by atoms with Gasteiger partial charge in [-0.25, -0.2) is 0 Å². The monoisotopic (exact) mass is 239 g/mol. The van der Waals surface area contributed by atoms with Gasteiger partial charge in [-0.05, 0) is 24.4 Å². The maximum Gasteiger partial charge on any atom is 0.186 e. The first-order chi connectivity index (χ1) is 7.69. The van der Waals surface area contributed by atoms with Gasteiger partial charge in [-0.3, -0.25) is 5.43 Å². The minimum atomic E-state index is 0.0472. The summed E-state index contributed by atoms with van der Waals surface area (Å²) in [6.07, 6.45) is 1.46. The average molecular weight is 239 g/mol. The van der Waals surface area contributed by atoms with Crippen LogP contribution in [0.5, 0.6) is 11.5 Å². The van der Waals surface area contributed by atoms with Gasteiger partial charge in [0.05, 0.1) is 13.3 Å². The Morgan fingerprint density at radius 3 is 2.94 bits per heavy atom. The normalized spacial score (nSPS) is 10.1. The highest BCUT2D eigenvalue weighted by Crippen LogP contribution is 2.27. The molecule has 0 unspecified atom stereocenters. The zero-order chi connectivity index (χ0) is 12.0. The number of nitrogens with zero attached hydrogens (tertiary/aromatic N) is 1. The van der Waals surface area contributed by atoms with Gasteiger partial charge < -0.3 is 15.2 Å². The van der Waals surface area contributed by atoms with Gasteiger partial charge in [0, 0.05) is 12.6 Å². The van der Waals surface area contributed by atoms with Gasteiger partial charge in [-0.1, -0.05) is 6.07 Å². The van der Waals surface area contributed by atoms with Crippen LogP contribution in [0.3, 0.4) is 0 Å². The molecule has 86 valence electrons. The highest BCUT2D eigenvalue weighted by Gasteiger charge is 2.04. The first-order valence-electron chi connectivity index (χ1n) is 4.55. The van der Waals surface area contributed by atoms with Crippen LogP contribution < -0.4 is 15.5 Å². The van der Waals surface area contributed by atoms with Crippen molar-refractivity contribution in [3.8, 4) is 11.5 Å². The second kappa shape index (κ2) is 5.92. The molecular weight excluding hydrogens is 226 g/mol. The Kier molecular flexibility index (Phi) is 4.53. The lowest BCUT2D eigenvalue weighted by molar-refractivity contribution is 0.373. The molecule has 1 rings (SSSR count). The Balaban J connectivity index is 2.77. The summed E-state index contributed by atoms with van der Waals surface area (Å²) < 4.78 is 4.96. The number of nitrogens with one attached hydrogen (secondary N) is 2. The number of thiocarbonyl (C=S) groups is 1. The molecule has 0 aliphatic rings. The molecule has 6 heteroatoms. The van der Waals surface area contributed by atoms with Crippen LogP contribution in [0.25, 0.3) is 0 Å². The Labute approximate surface area is 99.1 Å². The number of phenols is 1. The van der Waals surface area contributed by atoms with Crippen LogP contribution >= 0.6 is 12.2 Å². The van der Waals surface area contributed by atoms with Crippen molar-refractivity contribution in [3.05, 3.63) is 23.8 Å². The Morgan fingerprint density at radius 2 is 2.31 bits per heavy atom. The molecule has 3 N–H and O–H groups in total. The molecule has 0 bridgehead atoms. The number of hydrogen-bond acceptors (Lipinski definition) is 4. The maximum atomic E-state index is 9.72. The predicted molar refractivity (Wildman–Crippen MR) is 67.0 cm³/mol.